The first-order chi connectivity index (χ1) is 6.72. The van der Waals surface area contributed by atoms with E-state index < -0.39 is 0 Å². The fourth-order valence-corrected chi connectivity index (χ4v) is 1.64. The molecule has 0 aliphatic heterocycles. The number of hydrogen-bond donors (Lipinski definition) is 1. The molecule has 0 fully saturated rings. The topological polar surface area (TPSA) is 29.1 Å². The Morgan fingerprint density at radius 3 is 2.64 bits per heavy atom. The predicted molar refractivity (Wildman–Crippen MR) is 62.8 cm³/mol. The molecule has 2 nitrogen and oxygen atoms in total. The van der Waals surface area contributed by atoms with Crippen LogP contribution in [0.5, 0.6) is 0 Å². The summed E-state index contributed by atoms with van der Waals surface area (Å²) in [5.74, 6) is 0. The minimum Gasteiger partial charge on any atom is -0.317 e. The third-order valence-corrected chi connectivity index (χ3v) is 2.96. The fraction of sp³-hybridized carbons (Fsp3) is 0.364. The maximum Gasteiger partial charge on any atom is 0.283 e. The van der Waals surface area contributed by atoms with Crippen molar-refractivity contribution in [2.75, 3.05) is 5.32 Å². The van der Waals surface area contributed by atoms with Crippen molar-refractivity contribution in [1.29, 1.82) is 0 Å². The quantitative estimate of drug-likeness (QED) is 0.821. The average molecular weight is 209 g/mol. The van der Waals surface area contributed by atoms with Crippen LogP contribution in [0, 0.1) is 0 Å². The molecule has 0 aliphatic rings. The Bertz CT molecular complexity index is 287. The van der Waals surface area contributed by atoms with E-state index in [0.717, 1.165) is 12.1 Å². The van der Waals surface area contributed by atoms with Crippen LogP contribution in [0.2, 0.25) is 0 Å². The largest absolute Gasteiger partial charge is 0.317 e. The first kappa shape index (κ1) is 11.1. The van der Waals surface area contributed by atoms with Gasteiger partial charge in [-0.05, 0) is 18.6 Å². The SMILES string of the molecule is CCC(C)SC(=O)Nc1ccccc1. The van der Waals surface area contributed by atoms with Gasteiger partial charge in [-0.2, -0.15) is 0 Å². The molecule has 0 heterocycles. The number of hydrogen-bond acceptors (Lipinski definition) is 2. The lowest BCUT2D eigenvalue weighted by Gasteiger charge is -2.08. The molecule has 1 amide bonds. The molecule has 1 unspecified atom stereocenters. The number of nitrogens with one attached hydrogen (secondary N) is 1. The van der Waals surface area contributed by atoms with E-state index in [0.29, 0.717) is 5.25 Å². The summed E-state index contributed by atoms with van der Waals surface area (Å²) in [5.41, 5.74) is 0.855. The summed E-state index contributed by atoms with van der Waals surface area (Å²) < 4.78 is 0. The Morgan fingerprint density at radius 1 is 1.43 bits per heavy atom. The van der Waals surface area contributed by atoms with E-state index in [1.165, 1.54) is 11.8 Å². The zero-order valence-corrected chi connectivity index (χ0v) is 9.30. The molecule has 1 atom stereocenters. The van der Waals surface area contributed by atoms with Crippen molar-refractivity contribution in [3.05, 3.63) is 30.3 Å². The summed E-state index contributed by atoms with van der Waals surface area (Å²) in [5, 5.41) is 3.22. The van der Waals surface area contributed by atoms with Gasteiger partial charge in [0.1, 0.15) is 0 Å². The second kappa shape index (κ2) is 5.70. The van der Waals surface area contributed by atoms with E-state index in [1.807, 2.05) is 30.3 Å². The number of carbonyl (C=O) groups is 1. The predicted octanol–water partition coefficient (Wildman–Crippen LogP) is 3.75. The molecule has 1 N–H and O–H groups in total. The van der Waals surface area contributed by atoms with E-state index in [1.54, 1.807) is 0 Å². The van der Waals surface area contributed by atoms with Crippen LogP contribution in [0.1, 0.15) is 20.3 Å². The molecule has 0 saturated carbocycles. The molecular formula is C11H15NOS. The van der Waals surface area contributed by atoms with Crippen LogP contribution in [0.4, 0.5) is 10.5 Å². The van der Waals surface area contributed by atoms with Gasteiger partial charge < -0.3 is 5.32 Å². The van der Waals surface area contributed by atoms with Gasteiger partial charge in [-0.15, -0.1) is 0 Å². The zero-order valence-electron chi connectivity index (χ0n) is 8.49. The molecule has 1 aromatic carbocycles. The van der Waals surface area contributed by atoms with Crippen LogP contribution in [0.3, 0.4) is 0 Å². The highest BCUT2D eigenvalue weighted by Gasteiger charge is 2.07. The Morgan fingerprint density at radius 2 is 2.07 bits per heavy atom. The number of para-hydroxylation sites is 1. The fourth-order valence-electron chi connectivity index (χ4n) is 0.935. The van der Waals surface area contributed by atoms with Gasteiger partial charge in [0.15, 0.2) is 0 Å². The Balaban J connectivity index is 2.42. The summed E-state index contributed by atoms with van der Waals surface area (Å²) in [6.45, 7) is 4.13. The van der Waals surface area contributed by atoms with Crippen LogP contribution in [0.25, 0.3) is 0 Å². The Hall–Kier alpha value is -0.960. The molecule has 14 heavy (non-hydrogen) atoms. The summed E-state index contributed by atoms with van der Waals surface area (Å²) in [7, 11) is 0. The minimum absolute atomic E-state index is 0.0190. The average Bonchev–Trinajstić information content (AvgIpc) is 2.19. The van der Waals surface area contributed by atoms with Gasteiger partial charge in [-0.25, -0.2) is 0 Å². The number of carbonyl (C=O) groups excluding carboxylic acids is 1. The van der Waals surface area contributed by atoms with Crippen molar-refractivity contribution < 1.29 is 4.79 Å². The summed E-state index contributed by atoms with van der Waals surface area (Å²) in [4.78, 5) is 11.4. The lowest BCUT2D eigenvalue weighted by Crippen LogP contribution is -2.08. The molecule has 0 saturated heterocycles. The van der Waals surface area contributed by atoms with Crippen molar-refractivity contribution in [2.45, 2.75) is 25.5 Å². The standard InChI is InChI=1S/C11H15NOS/c1-3-9(2)14-11(13)12-10-7-5-4-6-8-10/h4-9H,3H2,1-2H3,(H,12,13). The number of amides is 1. The molecule has 0 bridgehead atoms. The van der Waals surface area contributed by atoms with Crippen molar-refractivity contribution in [2.24, 2.45) is 0 Å². The van der Waals surface area contributed by atoms with Gasteiger partial charge in [0, 0.05) is 10.9 Å². The minimum atomic E-state index is 0.0190. The lowest BCUT2D eigenvalue weighted by molar-refractivity contribution is 0.269. The number of benzene rings is 1. The molecule has 0 aromatic heterocycles. The highest BCUT2D eigenvalue weighted by atomic mass is 32.2. The first-order valence-corrected chi connectivity index (χ1v) is 5.63. The maximum absolute atomic E-state index is 11.4. The highest BCUT2D eigenvalue weighted by molar-refractivity contribution is 8.14. The van der Waals surface area contributed by atoms with Crippen LogP contribution in [-0.2, 0) is 0 Å². The van der Waals surface area contributed by atoms with E-state index >= 15 is 0 Å². The summed E-state index contributed by atoms with van der Waals surface area (Å²) in [6.07, 6.45) is 1.01. The molecule has 3 heteroatoms. The van der Waals surface area contributed by atoms with Crippen molar-refractivity contribution >= 4 is 22.7 Å². The van der Waals surface area contributed by atoms with Crippen LogP contribution >= 0.6 is 11.8 Å². The lowest BCUT2D eigenvalue weighted by atomic mass is 10.3. The normalized spacial score (nSPS) is 12.1. The molecule has 0 radical (unpaired) electrons. The van der Waals surface area contributed by atoms with Gasteiger partial charge in [0.2, 0.25) is 0 Å². The summed E-state index contributed by atoms with van der Waals surface area (Å²) in [6, 6.07) is 9.51. The monoisotopic (exact) mass is 209 g/mol. The molecule has 0 aliphatic carbocycles. The third-order valence-electron chi connectivity index (χ3n) is 1.90. The second-order valence-electron chi connectivity index (χ2n) is 3.12. The van der Waals surface area contributed by atoms with Crippen molar-refractivity contribution in [3.8, 4) is 0 Å². The highest BCUT2D eigenvalue weighted by Crippen LogP contribution is 2.17. The van der Waals surface area contributed by atoms with Gasteiger partial charge in [-0.3, -0.25) is 4.79 Å². The van der Waals surface area contributed by atoms with Crippen molar-refractivity contribution in [1.82, 2.24) is 0 Å². The Labute approximate surface area is 89.1 Å². The van der Waals surface area contributed by atoms with E-state index in [-0.39, 0.29) is 5.24 Å². The Kier molecular flexibility index (Phi) is 4.53. The summed E-state index contributed by atoms with van der Waals surface area (Å²) >= 11 is 1.34. The molecule has 0 spiro atoms. The van der Waals surface area contributed by atoms with Gasteiger partial charge in [0.05, 0.1) is 0 Å². The second-order valence-corrected chi connectivity index (χ2v) is 4.53. The molecule has 76 valence electrons. The van der Waals surface area contributed by atoms with Crippen LogP contribution in [0.15, 0.2) is 30.3 Å². The van der Waals surface area contributed by atoms with Crippen LogP contribution < -0.4 is 5.32 Å². The zero-order chi connectivity index (χ0) is 10.4. The van der Waals surface area contributed by atoms with Gasteiger partial charge in [0.25, 0.3) is 5.24 Å². The van der Waals surface area contributed by atoms with E-state index in [4.69, 9.17) is 0 Å². The molecule has 1 aromatic rings. The van der Waals surface area contributed by atoms with E-state index in [2.05, 4.69) is 19.2 Å². The number of thioether (sulfide) groups is 1. The first-order valence-electron chi connectivity index (χ1n) is 4.75. The number of anilines is 1. The number of rotatable bonds is 3. The van der Waals surface area contributed by atoms with Gasteiger partial charge >= 0.3 is 0 Å². The molecular weight excluding hydrogens is 194 g/mol. The van der Waals surface area contributed by atoms with Crippen LogP contribution in [-0.4, -0.2) is 10.5 Å². The maximum atomic E-state index is 11.4. The smallest absolute Gasteiger partial charge is 0.283 e. The third kappa shape index (κ3) is 3.83. The van der Waals surface area contributed by atoms with Crippen molar-refractivity contribution in [3.63, 3.8) is 0 Å². The van der Waals surface area contributed by atoms with E-state index in [9.17, 15) is 4.79 Å². The van der Waals surface area contributed by atoms with Gasteiger partial charge in [-0.1, -0.05) is 43.8 Å². The molecule has 1 rings (SSSR count).